The second-order valence-electron chi connectivity index (χ2n) is 11.8. The van der Waals surface area contributed by atoms with Gasteiger partial charge in [-0.05, 0) is 79.1 Å². The molecule has 3 heteroatoms. The van der Waals surface area contributed by atoms with Crippen LogP contribution in [0.3, 0.4) is 0 Å². The van der Waals surface area contributed by atoms with E-state index in [4.69, 9.17) is 4.74 Å². The van der Waals surface area contributed by atoms with Crippen molar-refractivity contribution in [1.29, 1.82) is 0 Å². The van der Waals surface area contributed by atoms with Crippen molar-refractivity contribution >= 4 is 5.78 Å². The van der Waals surface area contributed by atoms with Gasteiger partial charge in [0, 0.05) is 18.9 Å². The molecule has 0 saturated heterocycles. The van der Waals surface area contributed by atoms with Crippen LogP contribution < -0.4 is 0 Å². The number of hydrogen-bond acceptors (Lipinski definition) is 3. The van der Waals surface area contributed by atoms with E-state index in [1.54, 1.807) is 7.11 Å². The Balaban J connectivity index is 1.40. The highest BCUT2D eigenvalue weighted by Gasteiger charge is 2.87. The van der Waals surface area contributed by atoms with Gasteiger partial charge in [0.1, 0.15) is 11.4 Å². The van der Waals surface area contributed by atoms with Crippen molar-refractivity contribution in [1.82, 2.24) is 0 Å². The maximum atomic E-state index is 13.2. The number of ketones is 1. The van der Waals surface area contributed by atoms with Gasteiger partial charge < -0.3 is 9.84 Å². The fraction of sp³-hybridized carbons (Fsp3) is 0.741. The standard InChI is InChI=1S/C27H36O3/c1-24-19-10-12-26(11-9-18(16-26)13-17-7-5-4-6-8-17)25(24,2)20(14-19)23-21(28)15-22(30-3)27(23,24)29/h4-8,18-20,22-23,29H,9-16H2,1-3H3/t18-,19-,20-,22-,23-,24-,25-,26-,27+/m0/s1. The summed E-state index contributed by atoms with van der Waals surface area (Å²) in [6, 6.07) is 10.9. The van der Waals surface area contributed by atoms with Crippen LogP contribution in [0.2, 0.25) is 0 Å². The van der Waals surface area contributed by atoms with Crippen LogP contribution in [0.4, 0.5) is 0 Å². The molecule has 9 atom stereocenters. The van der Waals surface area contributed by atoms with Crippen LogP contribution in [0, 0.1) is 39.9 Å². The second-order valence-corrected chi connectivity index (χ2v) is 11.8. The second kappa shape index (κ2) is 5.98. The fourth-order valence-electron chi connectivity index (χ4n) is 10.3. The predicted molar refractivity (Wildman–Crippen MR) is 116 cm³/mol. The minimum Gasteiger partial charge on any atom is -0.386 e. The third-order valence-corrected chi connectivity index (χ3v) is 11.5. The van der Waals surface area contributed by atoms with E-state index in [2.05, 4.69) is 44.2 Å². The quantitative estimate of drug-likeness (QED) is 0.781. The Hall–Kier alpha value is -1.19. The Labute approximate surface area is 180 Å². The van der Waals surface area contributed by atoms with Crippen molar-refractivity contribution in [2.45, 2.75) is 76.9 Å². The van der Waals surface area contributed by atoms with Gasteiger partial charge in [0.05, 0.1) is 12.0 Å². The number of rotatable bonds is 3. The summed E-state index contributed by atoms with van der Waals surface area (Å²) in [5.41, 5.74) is 0.538. The SMILES string of the molecule is CO[C@H]1CC(=O)[C@@H]2[C@@H]3C[C@@H]4CC[C@]5(CC[C@@H](Cc6ccccc6)C5)[C@]3(C)[C@@]4(C)[C@@]12O. The first-order chi connectivity index (χ1) is 14.3. The van der Waals surface area contributed by atoms with E-state index in [1.807, 2.05) is 0 Å². The molecule has 3 nitrogen and oxygen atoms in total. The van der Waals surface area contributed by atoms with Crippen LogP contribution in [0.5, 0.6) is 0 Å². The first kappa shape index (κ1) is 19.5. The van der Waals surface area contributed by atoms with E-state index < -0.39 is 5.60 Å². The van der Waals surface area contributed by atoms with Gasteiger partial charge >= 0.3 is 0 Å². The number of fused-ring (bicyclic) bond motifs is 2. The smallest absolute Gasteiger partial charge is 0.141 e. The van der Waals surface area contributed by atoms with Crippen LogP contribution in [-0.2, 0) is 16.0 Å². The van der Waals surface area contributed by atoms with Crippen LogP contribution in [0.1, 0.15) is 64.4 Å². The maximum Gasteiger partial charge on any atom is 0.141 e. The van der Waals surface area contributed by atoms with E-state index in [1.165, 1.54) is 37.7 Å². The molecule has 0 aliphatic heterocycles. The molecule has 0 amide bonds. The van der Waals surface area contributed by atoms with Crippen LogP contribution in [0.25, 0.3) is 0 Å². The Morgan fingerprint density at radius 1 is 1.10 bits per heavy atom. The molecular formula is C27H36O3. The number of carbonyl (C=O) groups is 1. The summed E-state index contributed by atoms with van der Waals surface area (Å²) in [4.78, 5) is 13.2. The van der Waals surface area contributed by atoms with Gasteiger partial charge in [-0.25, -0.2) is 0 Å². The lowest BCUT2D eigenvalue weighted by Crippen LogP contribution is -2.63. The summed E-state index contributed by atoms with van der Waals surface area (Å²) in [6.07, 6.45) is 8.65. The first-order valence-corrected chi connectivity index (χ1v) is 12.1. The van der Waals surface area contributed by atoms with Gasteiger partial charge in [0.2, 0.25) is 0 Å². The molecule has 0 aromatic heterocycles. The van der Waals surface area contributed by atoms with E-state index in [-0.39, 0.29) is 34.1 Å². The molecule has 5 aliphatic carbocycles. The molecule has 162 valence electrons. The van der Waals surface area contributed by atoms with Crippen molar-refractivity contribution in [2.75, 3.05) is 7.11 Å². The van der Waals surface area contributed by atoms with Gasteiger partial charge in [0.25, 0.3) is 0 Å². The number of ether oxygens (including phenoxy) is 1. The molecule has 1 aromatic carbocycles. The monoisotopic (exact) mass is 408 g/mol. The summed E-state index contributed by atoms with van der Waals surface area (Å²) in [7, 11) is 1.69. The molecule has 0 heterocycles. The van der Waals surface area contributed by atoms with Gasteiger partial charge in [-0.2, -0.15) is 0 Å². The third kappa shape index (κ3) is 1.91. The van der Waals surface area contributed by atoms with Crippen LogP contribution >= 0.6 is 0 Å². The van der Waals surface area contributed by atoms with Gasteiger partial charge in [-0.15, -0.1) is 0 Å². The molecular weight excluding hydrogens is 372 g/mol. The number of carbonyl (C=O) groups excluding carboxylic acids is 1. The van der Waals surface area contributed by atoms with Crippen LogP contribution in [-0.4, -0.2) is 29.7 Å². The van der Waals surface area contributed by atoms with E-state index >= 15 is 0 Å². The fourth-order valence-corrected chi connectivity index (χ4v) is 10.3. The highest BCUT2D eigenvalue weighted by atomic mass is 16.5. The molecule has 0 radical (unpaired) electrons. The molecule has 1 N–H and O–H groups in total. The van der Waals surface area contributed by atoms with E-state index in [0.717, 1.165) is 12.8 Å². The van der Waals surface area contributed by atoms with E-state index in [9.17, 15) is 9.90 Å². The topological polar surface area (TPSA) is 46.5 Å². The predicted octanol–water partition coefficient (Wildman–Crippen LogP) is 4.81. The Morgan fingerprint density at radius 2 is 1.83 bits per heavy atom. The largest absolute Gasteiger partial charge is 0.386 e. The summed E-state index contributed by atoms with van der Waals surface area (Å²) in [6.45, 7) is 4.84. The Kier molecular flexibility index (Phi) is 3.89. The maximum absolute atomic E-state index is 13.2. The van der Waals surface area contributed by atoms with Crippen molar-refractivity contribution in [3.05, 3.63) is 35.9 Å². The molecule has 1 spiro atoms. The number of hydrogen-bond donors (Lipinski definition) is 1. The molecule has 5 fully saturated rings. The molecule has 6 rings (SSSR count). The Morgan fingerprint density at radius 3 is 2.57 bits per heavy atom. The Bertz CT molecular complexity index is 881. The number of methoxy groups -OCH3 is 1. The lowest BCUT2D eigenvalue weighted by Gasteiger charge is -2.61. The van der Waals surface area contributed by atoms with Crippen LogP contribution in [0.15, 0.2) is 30.3 Å². The van der Waals surface area contributed by atoms with Crippen molar-refractivity contribution in [3.8, 4) is 0 Å². The van der Waals surface area contributed by atoms with E-state index in [0.29, 0.717) is 24.2 Å². The molecule has 5 aliphatic rings. The summed E-state index contributed by atoms with van der Waals surface area (Å²) < 4.78 is 5.81. The zero-order chi connectivity index (χ0) is 20.9. The number of aliphatic hydroxyl groups is 1. The van der Waals surface area contributed by atoms with Crippen molar-refractivity contribution in [2.24, 2.45) is 39.9 Å². The minimum absolute atomic E-state index is 0.0284. The van der Waals surface area contributed by atoms with Gasteiger partial charge in [-0.1, -0.05) is 44.2 Å². The molecule has 0 unspecified atom stereocenters. The first-order valence-electron chi connectivity index (χ1n) is 12.1. The number of Topliss-reactive ketones (excluding diaryl/α,β-unsaturated/α-hetero) is 1. The minimum atomic E-state index is -0.980. The van der Waals surface area contributed by atoms with Crippen molar-refractivity contribution in [3.63, 3.8) is 0 Å². The molecule has 4 bridgehead atoms. The molecule has 30 heavy (non-hydrogen) atoms. The molecule has 1 aromatic rings. The van der Waals surface area contributed by atoms with Gasteiger partial charge in [0.15, 0.2) is 0 Å². The molecule has 5 saturated carbocycles. The summed E-state index contributed by atoms with van der Waals surface area (Å²) in [5.74, 6) is 1.61. The zero-order valence-electron chi connectivity index (χ0n) is 18.7. The number of benzene rings is 1. The average molecular weight is 409 g/mol. The normalized spacial score (nSPS) is 53.6. The van der Waals surface area contributed by atoms with Gasteiger partial charge in [-0.3, -0.25) is 4.79 Å². The highest BCUT2D eigenvalue weighted by Crippen LogP contribution is 2.86. The lowest BCUT2D eigenvalue weighted by molar-refractivity contribution is -0.221. The summed E-state index contributed by atoms with van der Waals surface area (Å²) >= 11 is 0. The average Bonchev–Trinajstić information content (AvgIpc) is 3.35. The van der Waals surface area contributed by atoms with Crippen molar-refractivity contribution < 1.29 is 14.6 Å². The third-order valence-electron chi connectivity index (χ3n) is 11.5. The highest BCUT2D eigenvalue weighted by molar-refractivity contribution is 5.88. The summed E-state index contributed by atoms with van der Waals surface area (Å²) in [5, 5.41) is 12.3. The lowest BCUT2D eigenvalue weighted by atomic mass is 9.44. The zero-order valence-corrected chi connectivity index (χ0v) is 18.7.